The maximum Gasteiger partial charge on any atom is 0.244 e. The smallest absolute Gasteiger partial charge is 0.244 e. The van der Waals surface area contributed by atoms with Crippen molar-refractivity contribution in [2.24, 2.45) is 6.98 Å². The lowest BCUT2D eigenvalue weighted by Crippen LogP contribution is -2.26. The molecule has 0 bridgehead atoms. The van der Waals surface area contributed by atoms with Gasteiger partial charge in [0.15, 0.2) is 0 Å². The van der Waals surface area contributed by atoms with Crippen LogP contribution in [0.4, 0.5) is 17.1 Å². The quantitative estimate of drug-likeness (QED) is 0.132. The molecule has 4 heterocycles. The second-order valence-corrected chi connectivity index (χ2v) is 13.7. The van der Waals surface area contributed by atoms with Crippen LogP contribution in [-0.4, -0.2) is 14.1 Å². The number of ether oxygens (including phenoxy) is 1. The largest absolute Gasteiger partial charge is 0.458 e. The number of nitrogens with zero attached hydrogens (tertiary/aromatic N) is 5. The van der Waals surface area contributed by atoms with Crippen LogP contribution in [0.1, 0.15) is 4.11 Å². The summed E-state index contributed by atoms with van der Waals surface area (Å²) in [6.07, 6.45) is 4.94. The fraction of sp³-hybridized carbons (Fsp3) is 0.0204. The van der Waals surface area contributed by atoms with E-state index in [1.54, 1.807) is 10.6 Å². The first kappa shape index (κ1) is 28.1. The van der Waals surface area contributed by atoms with Gasteiger partial charge in [-0.05, 0) is 59.7 Å². The number of rotatable bonds is 5. The van der Waals surface area contributed by atoms with E-state index in [4.69, 9.17) is 13.8 Å². The highest BCUT2D eigenvalue weighted by molar-refractivity contribution is 6.09. The first-order valence-electron chi connectivity index (χ1n) is 19.7. The summed E-state index contributed by atoms with van der Waals surface area (Å²) in [5.41, 5.74) is 11.9. The number of fused-ring (bicyclic) bond motifs is 9. The first-order chi connectivity index (χ1) is 28.4. The maximum atomic E-state index is 8.08. The maximum absolute atomic E-state index is 8.08. The summed E-state index contributed by atoms with van der Waals surface area (Å²) in [4.78, 5) is 7.35. The second kappa shape index (κ2) is 12.3. The molecule has 0 unspecified atom stereocenters. The van der Waals surface area contributed by atoms with Crippen molar-refractivity contribution < 1.29 is 13.4 Å². The van der Waals surface area contributed by atoms with E-state index in [2.05, 4.69) is 137 Å². The predicted octanol–water partition coefficient (Wildman–Crippen LogP) is 11.7. The van der Waals surface area contributed by atoms with Crippen molar-refractivity contribution in [2.75, 3.05) is 4.90 Å². The Balaban J connectivity index is 1.03. The molecule has 10 aromatic rings. The molecule has 0 aliphatic carbocycles. The van der Waals surface area contributed by atoms with Gasteiger partial charge < -0.3 is 18.8 Å². The number of hydrogen-bond acceptors (Lipinski definition) is 3. The Labute approximate surface area is 322 Å². The van der Waals surface area contributed by atoms with Crippen LogP contribution >= 0.6 is 0 Å². The van der Waals surface area contributed by atoms with Crippen LogP contribution in [0.2, 0.25) is 0 Å². The van der Waals surface area contributed by atoms with E-state index in [9.17, 15) is 0 Å². The Bertz CT molecular complexity index is 3170. The van der Waals surface area contributed by atoms with E-state index in [1.807, 2.05) is 54.7 Å². The van der Waals surface area contributed by atoms with Crippen LogP contribution in [0.15, 0.2) is 182 Å². The van der Waals surface area contributed by atoms with E-state index >= 15 is 0 Å². The van der Waals surface area contributed by atoms with E-state index < -0.39 is 6.98 Å². The number of pyridine rings is 1. The minimum Gasteiger partial charge on any atom is -0.458 e. The van der Waals surface area contributed by atoms with Crippen LogP contribution in [0.5, 0.6) is 11.5 Å². The van der Waals surface area contributed by atoms with Crippen LogP contribution in [0.3, 0.4) is 0 Å². The third kappa shape index (κ3) is 4.96. The van der Waals surface area contributed by atoms with Crippen molar-refractivity contribution in [3.63, 3.8) is 0 Å². The standard InChI is InChI=1S/C49H33N5O/c1-51-32-52(47-24-11-10-23-46(47)51)33-13-12-14-35(29-33)55-36-25-26-42-41-19-6-9-22-45(41)54(48(42)31-36)49-30-34(27-28-50-49)53-43-20-7-4-17-39(43)37-15-2-3-16-38(37)40-18-5-8-21-44(40)53/h2-31H,1H3/i1D3. The molecule has 0 amide bonds. The van der Waals surface area contributed by atoms with Gasteiger partial charge in [0.1, 0.15) is 17.3 Å². The first-order valence-corrected chi connectivity index (χ1v) is 18.2. The summed E-state index contributed by atoms with van der Waals surface area (Å²) in [7, 11) is 0. The molecule has 3 aromatic heterocycles. The minimum absolute atomic E-state index is 0.569. The van der Waals surface area contributed by atoms with Crippen molar-refractivity contribution in [1.29, 1.82) is 0 Å². The summed E-state index contributed by atoms with van der Waals surface area (Å²) in [5.74, 6) is 2.03. The zero-order valence-electron chi connectivity index (χ0n) is 32.5. The van der Waals surface area contributed by atoms with E-state index in [0.717, 1.165) is 67.0 Å². The van der Waals surface area contributed by atoms with Gasteiger partial charge in [-0.15, -0.1) is 0 Å². The van der Waals surface area contributed by atoms with Crippen molar-refractivity contribution in [2.45, 2.75) is 0 Å². The van der Waals surface area contributed by atoms with Gasteiger partial charge >= 0.3 is 0 Å². The Hall–Kier alpha value is -7.44. The molecule has 0 atom stereocenters. The molecule has 11 rings (SSSR count). The van der Waals surface area contributed by atoms with Crippen molar-refractivity contribution in [1.82, 2.24) is 14.1 Å². The highest BCUT2D eigenvalue weighted by Gasteiger charge is 2.26. The summed E-state index contributed by atoms with van der Waals surface area (Å²) in [6.45, 7) is -2.38. The van der Waals surface area contributed by atoms with Gasteiger partial charge in [0, 0.05) is 40.2 Å². The lowest BCUT2D eigenvalue weighted by molar-refractivity contribution is -0.649. The van der Waals surface area contributed by atoms with Gasteiger partial charge in [-0.25, -0.2) is 4.98 Å². The molecule has 7 aromatic carbocycles. The van der Waals surface area contributed by atoms with Crippen molar-refractivity contribution in [3.8, 4) is 45.3 Å². The third-order valence-electron chi connectivity index (χ3n) is 10.5. The van der Waals surface area contributed by atoms with E-state index in [1.165, 1.54) is 15.7 Å². The molecule has 0 fully saturated rings. The number of aryl methyl sites for hydroxylation is 1. The summed E-state index contributed by atoms with van der Waals surface area (Å²) >= 11 is 0. The molecule has 6 nitrogen and oxygen atoms in total. The van der Waals surface area contributed by atoms with Gasteiger partial charge in [0.2, 0.25) is 6.33 Å². The fourth-order valence-corrected chi connectivity index (χ4v) is 8.15. The molecule has 0 N–H and O–H groups in total. The Morgan fingerprint density at radius 3 is 1.98 bits per heavy atom. The molecule has 1 aliphatic heterocycles. The lowest BCUT2D eigenvalue weighted by atomic mass is 9.95. The van der Waals surface area contributed by atoms with Gasteiger partial charge in [0.25, 0.3) is 0 Å². The molecular formula is C49H33N5O. The zero-order chi connectivity index (χ0) is 39.0. The number of benzene rings is 7. The molecule has 0 spiro atoms. The molecule has 0 saturated carbocycles. The molecular weight excluding hydrogens is 675 g/mol. The number of hydrogen-bond donors (Lipinski definition) is 0. The molecule has 260 valence electrons. The number of anilines is 3. The summed E-state index contributed by atoms with van der Waals surface area (Å²) in [5, 5.41) is 2.18. The van der Waals surface area contributed by atoms with Gasteiger partial charge in [0.05, 0.1) is 55.9 Å². The number of aromatic nitrogens is 4. The summed E-state index contributed by atoms with van der Waals surface area (Å²) in [6, 6.07) is 59.6. The van der Waals surface area contributed by atoms with Crippen LogP contribution in [-0.2, 0) is 6.98 Å². The molecule has 6 heteroatoms. The van der Waals surface area contributed by atoms with E-state index in [-0.39, 0.29) is 0 Å². The number of imidazole rings is 1. The Morgan fingerprint density at radius 1 is 0.545 bits per heavy atom. The fourth-order valence-electron chi connectivity index (χ4n) is 8.15. The van der Waals surface area contributed by atoms with Crippen LogP contribution in [0.25, 0.3) is 66.6 Å². The molecule has 55 heavy (non-hydrogen) atoms. The lowest BCUT2D eigenvalue weighted by Gasteiger charge is -2.27. The monoisotopic (exact) mass is 710 g/mol. The third-order valence-corrected chi connectivity index (χ3v) is 10.5. The zero-order valence-corrected chi connectivity index (χ0v) is 29.5. The van der Waals surface area contributed by atoms with Crippen LogP contribution < -0.4 is 14.2 Å². The Kier molecular flexibility index (Phi) is 6.30. The number of para-hydroxylation sites is 5. The van der Waals surface area contributed by atoms with Crippen molar-refractivity contribution >= 4 is 49.9 Å². The average molecular weight is 711 g/mol. The second-order valence-electron chi connectivity index (χ2n) is 13.7. The van der Waals surface area contributed by atoms with Gasteiger partial charge in [-0.3, -0.25) is 4.57 Å². The highest BCUT2D eigenvalue weighted by atomic mass is 16.5. The SMILES string of the molecule is [2H]C([2H])([2H])[n+]1[c-]n(-c2cccc(Oc3ccc4c5ccccc5n(-c5cc(N6c7ccccc7-c7ccccc7-c7ccccc76)ccn5)c4c3)c2)c2ccccc21. The topological polar surface area (TPSA) is 39.1 Å². The van der Waals surface area contributed by atoms with Crippen LogP contribution in [0, 0.1) is 6.33 Å². The predicted molar refractivity (Wildman–Crippen MR) is 221 cm³/mol. The molecule has 1 aliphatic rings. The van der Waals surface area contributed by atoms with E-state index in [0.29, 0.717) is 17.0 Å². The molecule has 0 saturated heterocycles. The normalized spacial score (nSPS) is 13.1. The average Bonchev–Trinajstić information content (AvgIpc) is 3.78. The minimum atomic E-state index is -2.38. The summed E-state index contributed by atoms with van der Waals surface area (Å²) < 4.78 is 36.0. The van der Waals surface area contributed by atoms with Gasteiger partial charge in [-0.1, -0.05) is 115 Å². The van der Waals surface area contributed by atoms with Crippen molar-refractivity contribution in [3.05, 3.63) is 188 Å². The highest BCUT2D eigenvalue weighted by Crippen LogP contribution is 2.50. The molecule has 0 radical (unpaired) electrons. The Morgan fingerprint density at radius 2 is 1.20 bits per heavy atom. The van der Waals surface area contributed by atoms with Gasteiger partial charge in [-0.2, -0.15) is 0 Å².